The van der Waals surface area contributed by atoms with Gasteiger partial charge in [-0.3, -0.25) is 14.5 Å². The Morgan fingerprint density at radius 1 is 1.29 bits per heavy atom. The van der Waals surface area contributed by atoms with E-state index in [1.165, 1.54) is 19.2 Å². The average molecular weight is 287 g/mol. The van der Waals surface area contributed by atoms with E-state index in [0.717, 1.165) is 11.2 Å². The van der Waals surface area contributed by atoms with Crippen molar-refractivity contribution in [1.29, 1.82) is 0 Å². The number of carboxylic acids is 1. The summed E-state index contributed by atoms with van der Waals surface area (Å²) in [5.41, 5.74) is 0.831. The molecule has 106 valence electrons. The fourth-order valence-corrected chi connectivity index (χ4v) is 1.99. The predicted molar refractivity (Wildman–Crippen MR) is 69.6 cm³/mol. The number of aromatic nitrogens is 1. The second kappa shape index (κ2) is 4.44. The number of carboxylic acid groups (broad SMARTS) is 1. The number of fused-ring (bicyclic) bond motifs is 1. The summed E-state index contributed by atoms with van der Waals surface area (Å²) in [6, 6.07) is 4.57. The van der Waals surface area contributed by atoms with Crippen LogP contribution in [0.5, 0.6) is 0 Å². The molecule has 1 aliphatic heterocycles. The maximum atomic E-state index is 11.9. The summed E-state index contributed by atoms with van der Waals surface area (Å²) in [6.45, 7) is 0. The van der Waals surface area contributed by atoms with Gasteiger partial charge >= 0.3 is 5.97 Å². The van der Waals surface area contributed by atoms with Gasteiger partial charge < -0.3 is 14.8 Å². The minimum absolute atomic E-state index is 0.0162. The molecule has 0 saturated heterocycles. The van der Waals surface area contributed by atoms with Crippen LogP contribution < -0.4 is 5.32 Å². The highest BCUT2D eigenvalue weighted by Gasteiger charge is 2.32. The van der Waals surface area contributed by atoms with Crippen LogP contribution in [-0.2, 0) is 0 Å². The van der Waals surface area contributed by atoms with Crippen molar-refractivity contribution in [2.45, 2.75) is 0 Å². The Labute approximate surface area is 118 Å². The van der Waals surface area contributed by atoms with Crippen molar-refractivity contribution in [3.05, 3.63) is 41.3 Å². The number of aromatic carboxylic acids is 1. The molecule has 21 heavy (non-hydrogen) atoms. The van der Waals surface area contributed by atoms with Crippen molar-refractivity contribution in [2.24, 2.45) is 0 Å². The number of rotatable bonds is 3. The number of carbonyl (C=O) groups excluding carboxylic acids is 2. The van der Waals surface area contributed by atoms with Crippen LogP contribution in [0.1, 0.15) is 31.2 Å². The zero-order valence-electron chi connectivity index (χ0n) is 10.8. The third kappa shape index (κ3) is 2.02. The van der Waals surface area contributed by atoms with Crippen LogP contribution in [0, 0.1) is 0 Å². The lowest BCUT2D eigenvalue weighted by Gasteiger charge is -2.03. The van der Waals surface area contributed by atoms with E-state index in [0.29, 0.717) is 11.3 Å². The molecule has 1 aromatic heterocycles. The van der Waals surface area contributed by atoms with E-state index < -0.39 is 11.9 Å². The first-order chi connectivity index (χ1) is 9.97. The first kappa shape index (κ1) is 12.9. The Bertz CT molecular complexity index is 780. The molecule has 1 aromatic carbocycles. The number of oxazole rings is 1. The number of nitrogens with one attached hydrogen (secondary N) is 1. The van der Waals surface area contributed by atoms with Gasteiger partial charge in [-0.05, 0) is 18.2 Å². The Morgan fingerprint density at radius 3 is 2.67 bits per heavy atom. The lowest BCUT2D eigenvalue weighted by atomic mass is 10.1. The minimum atomic E-state index is -1.21. The number of imide groups is 1. The van der Waals surface area contributed by atoms with Gasteiger partial charge in [-0.15, -0.1) is 0 Å². The Balaban J connectivity index is 1.90. The molecule has 2 aromatic rings. The Kier molecular flexibility index (Phi) is 2.72. The molecule has 1 aliphatic rings. The van der Waals surface area contributed by atoms with Crippen molar-refractivity contribution < 1.29 is 23.9 Å². The molecule has 0 unspecified atom stereocenters. The molecule has 2 heterocycles. The first-order valence-corrected chi connectivity index (χ1v) is 5.89. The summed E-state index contributed by atoms with van der Waals surface area (Å²) in [5, 5.41) is 11.5. The monoisotopic (exact) mass is 287 g/mol. The summed E-state index contributed by atoms with van der Waals surface area (Å²) in [6.07, 6.45) is 1.00. The highest BCUT2D eigenvalue weighted by atomic mass is 16.4. The fraction of sp³-hybridized carbons (Fsp3) is 0.0769. The fourth-order valence-electron chi connectivity index (χ4n) is 1.99. The van der Waals surface area contributed by atoms with Crippen molar-refractivity contribution in [3.63, 3.8) is 0 Å². The van der Waals surface area contributed by atoms with E-state index in [9.17, 15) is 14.4 Å². The van der Waals surface area contributed by atoms with E-state index in [1.54, 1.807) is 6.07 Å². The van der Waals surface area contributed by atoms with Crippen molar-refractivity contribution in [3.8, 4) is 0 Å². The van der Waals surface area contributed by atoms with E-state index in [2.05, 4.69) is 10.3 Å². The Hall–Kier alpha value is -3.16. The zero-order valence-corrected chi connectivity index (χ0v) is 10.8. The van der Waals surface area contributed by atoms with Gasteiger partial charge in [0.15, 0.2) is 5.69 Å². The molecule has 0 radical (unpaired) electrons. The molecule has 8 heteroatoms. The van der Waals surface area contributed by atoms with E-state index in [1.807, 2.05) is 0 Å². The number of benzene rings is 1. The SMILES string of the molecule is CN1C(=O)c2ccc(Nc3nc(C(=O)O)co3)cc2C1=O. The van der Waals surface area contributed by atoms with Crippen molar-refractivity contribution >= 4 is 29.5 Å². The van der Waals surface area contributed by atoms with E-state index in [4.69, 9.17) is 9.52 Å². The molecule has 0 aliphatic carbocycles. The maximum absolute atomic E-state index is 11.9. The number of anilines is 2. The first-order valence-electron chi connectivity index (χ1n) is 5.89. The molecule has 2 amide bonds. The summed E-state index contributed by atoms with van der Waals surface area (Å²) >= 11 is 0. The van der Waals surface area contributed by atoms with Gasteiger partial charge in [-0.2, -0.15) is 4.98 Å². The molecule has 0 atom stereocenters. The van der Waals surface area contributed by atoms with Gasteiger partial charge in [0, 0.05) is 12.7 Å². The van der Waals surface area contributed by atoms with Gasteiger partial charge in [-0.1, -0.05) is 0 Å². The summed E-state index contributed by atoms with van der Waals surface area (Å²) in [7, 11) is 1.41. The van der Waals surface area contributed by atoms with Crippen LogP contribution >= 0.6 is 0 Å². The molecule has 0 fully saturated rings. The highest BCUT2D eigenvalue weighted by molar-refractivity contribution is 6.21. The number of nitrogens with zero attached hydrogens (tertiary/aromatic N) is 2. The summed E-state index contributed by atoms with van der Waals surface area (Å²) in [5.74, 6) is -1.95. The van der Waals surface area contributed by atoms with Crippen LogP contribution in [0.15, 0.2) is 28.9 Å². The molecule has 8 nitrogen and oxygen atoms in total. The van der Waals surface area contributed by atoms with Crippen LogP contribution in [0.4, 0.5) is 11.7 Å². The lowest BCUT2D eigenvalue weighted by Crippen LogP contribution is -2.24. The van der Waals surface area contributed by atoms with Gasteiger partial charge in [0.2, 0.25) is 0 Å². The van der Waals surface area contributed by atoms with Gasteiger partial charge in [-0.25, -0.2) is 4.79 Å². The zero-order chi connectivity index (χ0) is 15.1. The molecule has 3 rings (SSSR count). The molecular formula is C13H9N3O5. The smallest absolute Gasteiger partial charge is 0.357 e. The molecule has 2 N–H and O–H groups in total. The quantitative estimate of drug-likeness (QED) is 0.819. The topological polar surface area (TPSA) is 113 Å². The number of hydrogen-bond acceptors (Lipinski definition) is 6. The van der Waals surface area contributed by atoms with Crippen LogP contribution in [0.2, 0.25) is 0 Å². The lowest BCUT2D eigenvalue weighted by molar-refractivity contribution is 0.0679. The maximum Gasteiger partial charge on any atom is 0.357 e. The second-order valence-electron chi connectivity index (χ2n) is 4.40. The number of hydrogen-bond donors (Lipinski definition) is 2. The normalized spacial score (nSPS) is 13.5. The highest BCUT2D eigenvalue weighted by Crippen LogP contribution is 2.26. The van der Waals surface area contributed by atoms with E-state index in [-0.39, 0.29) is 23.2 Å². The van der Waals surface area contributed by atoms with E-state index >= 15 is 0 Å². The number of amides is 2. The van der Waals surface area contributed by atoms with Crippen LogP contribution in [-0.4, -0.2) is 39.8 Å². The largest absolute Gasteiger partial charge is 0.476 e. The molecule has 0 saturated carbocycles. The third-order valence-electron chi connectivity index (χ3n) is 3.06. The van der Waals surface area contributed by atoms with Gasteiger partial charge in [0.05, 0.1) is 11.1 Å². The third-order valence-corrected chi connectivity index (χ3v) is 3.06. The summed E-state index contributed by atoms with van der Waals surface area (Å²) in [4.78, 5) is 39.0. The number of carbonyl (C=O) groups is 3. The summed E-state index contributed by atoms with van der Waals surface area (Å²) < 4.78 is 4.95. The second-order valence-corrected chi connectivity index (χ2v) is 4.40. The minimum Gasteiger partial charge on any atom is -0.476 e. The van der Waals surface area contributed by atoms with Crippen molar-refractivity contribution in [2.75, 3.05) is 12.4 Å². The van der Waals surface area contributed by atoms with Gasteiger partial charge in [0.25, 0.3) is 17.8 Å². The predicted octanol–water partition coefficient (Wildman–Crippen LogP) is 1.34. The van der Waals surface area contributed by atoms with Crippen LogP contribution in [0.25, 0.3) is 0 Å². The van der Waals surface area contributed by atoms with Crippen molar-refractivity contribution in [1.82, 2.24) is 9.88 Å². The average Bonchev–Trinajstić information content (AvgIpc) is 3.00. The molecule has 0 spiro atoms. The molecule has 0 bridgehead atoms. The van der Waals surface area contributed by atoms with Crippen LogP contribution in [0.3, 0.4) is 0 Å². The molecular weight excluding hydrogens is 278 g/mol. The van der Waals surface area contributed by atoms with Gasteiger partial charge in [0.1, 0.15) is 6.26 Å². The standard InChI is InChI=1S/C13H9N3O5/c1-16-10(17)7-3-2-6(4-8(7)11(16)18)14-13-15-9(5-21-13)12(19)20/h2-5H,1H3,(H,14,15)(H,19,20). The Morgan fingerprint density at radius 2 is 2.00 bits per heavy atom.